The molecule has 2 aromatic carbocycles. The lowest BCUT2D eigenvalue weighted by molar-refractivity contribution is -0.116. The Bertz CT molecular complexity index is 907. The number of carbonyl (C=O) groups excluding carboxylic acids is 1. The van der Waals surface area contributed by atoms with Gasteiger partial charge in [-0.3, -0.25) is 9.78 Å². The smallest absolute Gasteiger partial charge is 0.224 e. The largest absolute Gasteiger partial charge is 0.393 e. The van der Waals surface area contributed by atoms with Crippen LogP contribution in [0.15, 0.2) is 54.6 Å². The number of aliphatic hydroxyl groups is 1. The van der Waals surface area contributed by atoms with E-state index in [-0.39, 0.29) is 5.91 Å². The van der Waals surface area contributed by atoms with Crippen LogP contribution < -0.4 is 5.32 Å². The molecule has 1 unspecified atom stereocenters. The van der Waals surface area contributed by atoms with E-state index >= 15 is 0 Å². The van der Waals surface area contributed by atoms with Gasteiger partial charge in [-0.25, -0.2) is 0 Å². The zero-order valence-corrected chi connectivity index (χ0v) is 15.2. The van der Waals surface area contributed by atoms with Gasteiger partial charge in [0.15, 0.2) is 0 Å². The number of fused-ring (bicyclic) bond motifs is 1. The van der Waals surface area contributed by atoms with E-state index in [0.717, 1.165) is 33.4 Å². The summed E-state index contributed by atoms with van der Waals surface area (Å²) in [4.78, 5) is 16.8. The fraction of sp³-hybridized carbons (Fsp3) is 0.273. The van der Waals surface area contributed by atoms with Gasteiger partial charge in [-0.2, -0.15) is 0 Å². The number of anilines is 1. The number of aliphatic hydroxyl groups excluding tert-OH is 1. The third-order valence-corrected chi connectivity index (χ3v) is 4.55. The van der Waals surface area contributed by atoms with Crippen LogP contribution in [0.3, 0.4) is 0 Å². The molecule has 134 valence electrons. The standard InChI is InChI=1S/C22H24N2O2/c1-3-19(25)10-12-22(26)24-18-9-11-21-17(13-18)14-20(15(2)23-21)16-7-5-4-6-8-16/h4-9,11,13-14,19,25H,3,10,12H2,1-2H3,(H,24,26). The molecule has 0 aliphatic rings. The van der Waals surface area contributed by atoms with Crippen molar-refractivity contribution >= 4 is 22.5 Å². The fourth-order valence-corrected chi connectivity index (χ4v) is 2.99. The van der Waals surface area contributed by atoms with Crippen LogP contribution in [0, 0.1) is 6.92 Å². The summed E-state index contributed by atoms with van der Waals surface area (Å²) in [5.74, 6) is -0.0831. The third kappa shape index (κ3) is 4.27. The average molecular weight is 348 g/mol. The highest BCUT2D eigenvalue weighted by atomic mass is 16.3. The molecule has 1 atom stereocenters. The van der Waals surface area contributed by atoms with Crippen molar-refractivity contribution in [3.8, 4) is 11.1 Å². The van der Waals surface area contributed by atoms with Crippen LogP contribution in [0.5, 0.6) is 0 Å². The van der Waals surface area contributed by atoms with E-state index in [4.69, 9.17) is 4.98 Å². The number of hydrogen-bond donors (Lipinski definition) is 2. The molecule has 3 aromatic rings. The van der Waals surface area contributed by atoms with Gasteiger partial charge in [-0.15, -0.1) is 0 Å². The van der Waals surface area contributed by atoms with E-state index < -0.39 is 6.10 Å². The number of amides is 1. The van der Waals surface area contributed by atoms with Crippen molar-refractivity contribution in [2.75, 3.05) is 5.32 Å². The fourth-order valence-electron chi connectivity index (χ4n) is 2.99. The summed E-state index contributed by atoms with van der Waals surface area (Å²) < 4.78 is 0. The van der Waals surface area contributed by atoms with Crippen molar-refractivity contribution in [3.05, 3.63) is 60.3 Å². The monoisotopic (exact) mass is 348 g/mol. The molecule has 1 aromatic heterocycles. The van der Waals surface area contributed by atoms with Gasteiger partial charge in [0.2, 0.25) is 5.91 Å². The first-order valence-corrected chi connectivity index (χ1v) is 9.01. The molecule has 4 heteroatoms. The molecule has 3 rings (SSSR count). The van der Waals surface area contributed by atoms with Crippen LogP contribution in [0.1, 0.15) is 31.9 Å². The molecule has 1 amide bonds. The van der Waals surface area contributed by atoms with Crippen molar-refractivity contribution in [1.82, 2.24) is 4.98 Å². The number of nitrogens with one attached hydrogen (secondary N) is 1. The van der Waals surface area contributed by atoms with Crippen LogP contribution in [0.25, 0.3) is 22.0 Å². The number of carbonyl (C=O) groups is 1. The maximum atomic E-state index is 12.1. The first-order chi connectivity index (χ1) is 12.6. The molecule has 0 aliphatic carbocycles. The molecular formula is C22H24N2O2. The summed E-state index contributed by atoms with van der Waals surface area (Å²) in [5.41, 5.74) is 4.85. The molecular weight excluding hydrogens is 324 g/mol. The Hall–Kier alpha value is -2.72. The molecule has 0 bridgehead atoms. The molecule has 0 aliphatic heterocycles. The molecule has 26 heavy (non-hydrogen) atoms. The van der Waals surface area contributed by atoms with Crippen LogP contribution >= 0.6 is 0 Å². The first kappa shape index (κ1) is 18.1. The average Bonchev–Trinajstić information content (AvgIpc) is 2.66. The highest BCUT2D eigenvalue weighted by Gasteiger charge is 2.09. The number of hydrogen-bond acceptors (Lipinski definition) is 3. The number of pyridine rings is 1. The van der Waals surface area contributed by atoms with Gasteiger partial charge in [0.1, 0.15) is 0 Å². The molecule has 2 N–H and O–H groups in total. The van der Waals surface area contributed by atoms with Gasteiger partial charge < -0.3 is 10.4 Å². The molecule has 0 fully saturated rings. The summed E-state index contributed by atoms with van der Waals surface area (Å²) in [6.45, 7) is 3.92. The van der Waals surface area contributed by atoms with Crippen molar-refractivity contribution in [3.63, 3.8) is 0 Å². The van der Waals surface area contributed by atoms with Crippen LogP contribution in [-0.2, 0) is 4.79 Å². The first-order valence-electron chi connectivity index (χ1n) is 9.01. The zero-order chi connectivity index (χ0) is 18.5. The number of aromatic nitrogens is 1. The normalized spacial score (nSPS) is 12.1. The van der Waals surface area contributed by atoms with Crippen LogP contribution in [0.2, 0.25) is 0 Å². The van der Waals surface area contributed by atoms with Crippen molar-refractivity contribution in [2.24, 2.45) is 0 Å². The number of aryl methyl sites for hydroxylation is 1. The summed E-state index contributed by atoms with van der Waals surface area (Å²) >= 11 is 0. The van der Waals surface area contributed by atoms with Crippen molar-refractivity contribution in [2.45, 2.75) is 39.2 Å². The Morgan fingerprint density at radius 1 is 1.15 bits per heavy atom. The Morgan fingerprint density at radius 3 is 2.65 bits per heavy atom. The van der Waals surface area contributed by atoms with Crippen molar-refractivity contribution < 1.29 is 9.90 Å². The van der Waals surface area contributed by atoms with E-state index in [1.165, 1.54) is 0 Å². The second-order valence-electron chi connectivity index (χ2n) is 6.54. The quantitative estimate of drug-likeness (QED) is 0.679. The molecule has 0 saturated carbocycles. The topological polar surface area (TPSA) is 62.2 Å². The summed E-state index contributed by atoms with van der Waals surface area (Å²) in [6.07, 6.45) is 1.04. The van der Waals surface area contributed by atoms with Gasteiger partial charge in [-0.1, -0.05) is 37.3 Å². The number of benzene rings is 2. The Balaban J connectivity index is 1.83. The van der Waals surface area contributed by atoms with E-state index in [1.54, 1.807) is 0 Å². The SMILES string of the molecule is CCC(O)CCC(=O)Nc1ccc2nc(C)c(-c3ccccc3)cc2c1. The highest BCUT2D eigenvalue weighted by molar-refractivity contribution is 5.94. The zero-order valence-electron chi connectivity index (χ0n) is 15.2. The Kier molecular flexibility index (Phi) is 5.64. The van der Waals surface area contributed by atoms with E-state index in [0.29, 0.717) is 19.3 Å². The van der Waals surface area contributed by atoms with Gasteiger partial charge in [0, 0.05) is 28.8 Å². The predicted octanol–water partition coefficient (Wildman–Crippen LogP) is 4.70. The van der Waals surface area contributed by atoms with Crippen LogP contribution in [-0.4, -0.2) is 22.1 Å². The summed E-state index contributed by atoms with van der Waals surface area (Å²) in [6, 6.07) is 18.0. The van der Waals surface area contributed by atoms with E-state index in [2.05, 4.69) is 23.5 Å². The lowest BCUT2D eigenvalue weighted by Gasteiger charge is -2.11. The highest BCUT2D eigenvalue weighted by Crippen LogP contribution is 2.27. The lowest BCUT2D eigenvalue weighted by atomic mass is 10.0. The lowest BCUT2D eigenvalue weighted by Crippen LogP contribution is -2.15. The molecule has 0 spiro atoms. The number of rotatable bonds is 6. The Labute approximate surface area is 153 Å². The van der Waals surface area contributed by atoms with Gasteiger partial charge in [0.25, 0.3) is 0 Å². The maximum absolute atomic E-state index is 12.1. The minimum atomic E-state index is -0.419. The molecule has 0 saturated heterocycles. The van der Waals surface area contributed by atoms with Gasteiger partial charge >= 0.3 is 0 Å². The summed E-state index contributed by atoms with van der Waals surface area (Å²) in [7, 11) is 0. The third-order valence-electron chi connectivity index (χ3n) is 4.55. The molecule has 0 radical (unpaired) electrons. The number of nitrogens with zero attached hydrogens (tertiary/aromatic N) is 1. The van der Waals surface area contributed by atoms with Crippen LogP contribution in [0.4, 0.5) is 5.69 Å². The minimum Gasteiger partial charge on any atom is -0.393 e. The van der Waals surface area contributed by atoms with E-state index in [1.807, 2.05) is 50.2 Å². The second kappa shape index (κ2) is 8.11. The van der Waals surface area contributed by atoms with Gasteiger partial charge in [-0.05, 0) is 49.6 Å². The van der Waals surface area contributed by atoms with E-state index in [9.17, 15) is 9.90 Å². The Morgan fingerprint density at radius 2 is 1.92 bits per heavy atom. The summed E-state index contributed by atoms with van der Waals surface area (Å²) in [5, 5.41) is 13.5. The van der Waals surface area contributed by atoms with Crippen molar-refractivity contribution in [1.29, 1.82) is 0 Å². The maximum Gasteiger partial charge on any atom is 0.224 e. The second-order valence-corrected chi connectivity index (χ2v) is 6.54. The van der Waals surface area contributed by atoms with Gasteiger partial charge in [0.05, 0.1) is 11.6 Å². The predicted molar refractivity (Wildman–Crippen MR) is 106 cm³/mol. The molecule has 1 heterocycles. The molecule has 4 nitrogen and oxygen atoms in total. The minimum absolute atomic E-state index is 0.0831.